The number of nitrogens with zero attached hydrogens (tertiary/aromatic N) is 2. The molecule has 2 aromatic rings. The Morgan fingerprint density at radius 3 is 2.76 bits per heavy atom. The predicted molar refractivity (Wildman–Crippen MR) is 82.5 cm³/mol. The number of hydrogen-bond donors (Lipinski definition) is 2. The van der Waals surface area contributed by atoms with Crippen LogP contribution in [-0.4, -0.2) is 33.1 Å². The van der Waals surface area contributed by atoms with Gasteiger partial charge in [-0.2, -0.15) is 0 Å². The maximum absolute atomic E-state index is 12.0. The zero-order valence-electron chi connectivity index (χ0n) is 11.2. The van der Waals surface area contributed by atoms with Crippen LogP contribution in [0.3, 0.4) is 0 Å². The fraction of sp³-hybridized carbons (Fsp3) is 0.357. The van der Waals surface area contributed by atoms with Gasteiger partial charge in [-0.1, -0.05) is 53.4 Å². The fourth-order valence-corrected chi connectivity index (χ4v) is 3.83. The highest BCUT2D eigenvalue weighted by Gasteiger charge is 2.44. The lowest BCUT2D eigenvalue weighted by Gasteiger charge is -2.30. The SMILES string of the molecule is O=C(O)C(CSc1nncs1)(NC1CC1)c1ccccc1. The Balaban J connectivity index is 1.89. The van der Waals surface area contributed by atoms with Crippen LogP contribution in [0.4, 0.5) is 0 Å². The Morgan fingerprint density at radius 2 is 2.19 bits per heavy atom. The lowest BCUT2D eigenvalue weighted by molar-refractivity contribution is -0.144. The van der Waals surface area contributed by atoms with Gasteiger partial charge in [0, 0.05) is 11.8 Å². The molecule has 1 heterocycles. The van der Waals surface area contributed by atoms with Crippen LogP contribution < -0.4 is 5.32 Å². The highest BCUT2D eigenvalue weighted by atomic mass is 32.2. The van der Waals surface area contributed by atoms with E-state index < -0.39 is 11.5 Å². The van der Waals surface area contributed by atoms with Gasteiger partial charge in [0.15, 0.2) is 9.88 Å². The van der Waals surface area contributed by atoms with Crippen LogP contribution in [0.2, 0.25) is 0 Å². The molecule has 21 heavy (non-hydrogen) atoms. The Kier molecular flexibility index (Phi) is 4.23. The number of carboxylic acid groups (broad SMARTS) is 1. The highest BCUT2D eigenvalue weighted by Crippen LogP contribution is 2.34. The summed E-state index contributed by atoms with van der Waals surface area (Å²) in [6.45, 7) is 0. The number of benzene rings is 1. The lowest BCUT2D eigenvalue weighted by atomic mass is 9.91. The molecule has 5 nitrogen and oxygen atoms in total. The zero-order chi connectivity index (χ0) is 14.7. The summed E-state index contributed by atoms with van der Waals surface area (Å²) < 4.78 is 0.786. The Hall–Kier alpha value is -1.44. The average Bonchev–Trinajstić information content (AvgIpc) is 3.16. The molecule has 2 N–H and O–H groups in total. The van der Waals surface area contributed by atoms with Crippen LogP contribution in [0, 0.1) is 0 Å². The summed E-state index contributed by atoms with van der Waals surface area (Å²) in [5, 5.41) is 21.0. The third-order valence-corrected chi connectivity index (χ3v) is 5.44. The van der Waals surface area contributed by atoms with E-state index in [0.717, 1.165) is 22.7 Å². The molecule has 7 heteroatoms. The van der Waals surface area contributed by atoms with Crippen LogP contribution in [0.5, 0.6) is 0 Å². The lowest BCUT2D eigenvalue weighted by Crippen LogP contribution is -2.52. The first-order valence-corrected chi connectivity index (χ1v) is 8.53. The molecular weight excluding hydrogens is 306 g/mol. The molecule has 0 saturated heterocycles. The molecule has 3 rings (SSSR count). The van der Waals surface area contributed by atoms with Gasteiger partial charge in [0.2, 0.25) is 0 Å². The summed E-state index contributed by atoms with van der Waals surface area (Å²) >= 11 is 2.85. The summed E-state index contributed by atoms with van der Waals surface area (Å²) in [7, 11) is 0. The van der Waals surface area contributed by atoms with Gasteiger partial charge in [-0.15, -0.1) is 10.2 Å². The van der Waals surface area contributed by atoms with Crippen molar-refractivity contribution >= 4 is 29.1 Å². The molecule has 0 spiro atoms. The fourth-order valence-electron chi connectivity index (χ4n) is 2.15. The van der Waals surface area contributed by atoms with Crippen molar-refractivity contribution < 1.29 is 9.90 Å². The van der Waals surface area contributed by atoms with Gasteiger partial charge in [-0.05, 0) is 18.4 Å². The second-order valence-corrected chi connectivity index (χ2v) is 7.04. The Morgan fingerprint density at radius 1 is 1.43 bits per heavy atom. The Bertz CT molecular complexity index is 602. The second kappa shape index (κ2) is 6.13. The first-order valence-electron chi connectivity index (χ1n) is 6.66. The molecule has 0 amide bonds. The first-order chi connectivity index (χ1) is 10.2. The monoisotopic (exact) mass is 321 g/mol. The first kappa shape index (κ1) is 14.5. The number of carboxylic acids is 1. The van der Waals surface area contributed by atoms with E-state index in [1.807, 2.05) is 30.3 Å². The van der Waals surface area contributed by atoms with Crippen molar-refractivity contribution in [2.24, 2.45) is 0 Å². The molecule has 1 unspecified atom stereocenters. The molecule has 1 saturated carbocycles. The van der Waals surface area contributed by atoms with Gasteiger partial charge in [-0.3, -0.25) is 5.32 Å². The number of hydrogen-bond acceptors (Lipinski definition) is 6. The van der Waals surface area contributed by atoms with E-state index in [4.69, 9.17) is 0 Å². The molecule has 1 aromatic carbocycles. The minimum Gasteiger partial charge on any atom is -0.480 e. The number of aliphatic carboxylic acids is 1. The van der Waals surface area contributed by atoms with E-state index >= 15 is 0 Å². The van der Waals surface area contributed by atoms with Crippen molar-refractivity contribution in [1.29, 1.82) is 0 Å². The van der Waals surface area contributed by atoms with E-state index in [1.54, 1.807) is 5.51 Å². The van der Waals surface area contributed by atoms with Gasteiger partial charge in [0.25, 0.3) is 0 Å². The van der Waals surface area contributed by atoms with Crippen molar-refractivity contribution in [3.8, 4) is 0 Å². The van der Waals surface area contributed by atoms with Crippen LogP contribution in [-0.2, 0) is 10.3 Å². The standard InChI is InChI=1S/C14H15N3O2S2/c18-12(19)14(16-11-6-7-11,10-4-2-1-3-5-10)8-20-13-17-15-9-21-13/h1-5,9,11,16H,6-8H2,(H,18,19). The van der Waals surface area contributed by atoms with Crippen molar-refractivity contribution in [3.05, 3.63) is 41.4 Å². The van der Waals surface area contributed by atoms with Crippen LogP contribution >= 0.6 is 23.1 Å². The number of carbonyl (C=O) groups is 1. The van der Waals surface area contributed by atoms with Crippen LogP contribution in [0.1, 0.15) is 18.4 Å². The van der Waals surface area contributed by atoms with E-state index in [-0.39, 0.29) is 6.04 Å². The third-order valence-electron chi connectivity index (χ3n) is 3.41. The van der Waals surface area contributed by atoms with E-state index in [0.29, 0.717) is 5.75 Å². The number of rotatable bonds is 7. The van der Waals surface area contributed by atoms with Gasteiger partial charge >= 0.3 is 5.97 Å². The van der Waals surface area contributed by atoms with E-state index in [1.165, 1.54) is 23.1 Å². The van der Waals surface area contributed by atoms with Crippen LogP contribution in [0.15, 0.2) is 40.2 Å². The normalized spacial score (nSPS) is 17.3. The summed E-state index contributed by atoms with van der Waals surface area (Å²) in [6.07, 6.45) is 2.07. The van der Waals surface area contributed by atoms with Gasteiger partial charge in [0.05, 0.1) is 0 Å². The minimum absolute atomic E-state index is 0.288. The van der Waals surface area contributed by atoms with Crippen molar-refractivity contribution in [3.63, 3.8) is 0 Å². The summed E-state index contributed by atoms with van der Waals surface area (Å²) in [6, 6.07) is 9.66. The summed E-state index contributed by atoms with van der Waals surface area (Å²) in [5.41, 5.74) is 1.35. The molecule has 1 aliphatic rings. The highest BCUT2D eigenvalue weighted by molar-refractivity contribution is 8.01. The largest absolute Gasteiger partial charge is 0.480 e. The van der Waals surface area contributed by atoms with E-state index in [9.17, 15) is 9.90 Å². The number of thioether (sulfide) groups is 1. The topological polar surface area (TPSA) is 75.1 Å². The smallest absolute Gasteiger partial charge is 0.329 e. The number of nitrogens with one attached hydrogen (secondary N) is 1. The van der Waals surface area contributed by atoms with Crippen molar-refractivity contribution in [2.45, 2.75) is 28.8 Å². The summed E-state index contributed by atoms with van der Waals surface area (Å²) in [5.74, 6) is -0.462. The van der Waals surface area contributed by atoms with E-state index in [2.05, 4.69) is 15.5 Å². The maximum atomic E-state index is 12.0. The molecule has 0 aliphatic heterocycles. The summed E-state index contributed by atoms with van der Waals surface area (Å²) in [4.78, 5) is 12.0. The molecule has 1 fully saturated rings. The van der Waals surface area contributed by atoms with Gasteiger partial charge in [0.1, 0.15) is 5.51 Å². The third kappa shape index (κ3) is 3.25. The predicted octanol–water partition coefficient (Wildman–Crippen LogP) is 2.36. The molecule has 1 aromatic heterocycles. The number of aromatic nitrogens is 2. The molecule has 0 radical (unpaired) electrons. The molecular formula is C14H15N3O2S2. The second-order valence-electron chi connectivity index (χ2n) is 4.99. The van der Waals surface area contributed by atoms with Gasteiger partial charge in [-0.25, -0.2) is 4.79 Å². The maximum Gasteiger partial charge on any atom is 0.329 e. The minimum atomic E-state index is -1.08. The van der Waals surface area contributed by atoms with Gasteiger partial charge < -0.3 is 5.11 Å². The van der Waals surface area contributed by atoms with Crippen molar-refractivity contribution in [2.75, 3.05) is 5.75 Å². The van der Waals surface area contributed by atoms with Crippen LogP contribution in [0.25, 0.3) is 0 Å². The van der Waals surface area contributed by atoms with Crippen molar-refractivity contribution in [1.82, 2.24) is 15.5 Å². The molecule has 110 valence electrons. The quantitative estimate of drug-likeness (QED) is 0.763. The molecule has 0 bridgehead atoms. The zero-order valence-corrected chi connectivity index (χ0v) is 12.9. The average molecular weight is 321 g/mol. The molecule has 1 atom stereocenters. The Labute approximate surface area is 130 Å². The molecule has 1 aliphatic carbocycles.